The Kier molecular flexibility index (Phi) is 5.83. The average molecular weight is 376 g/mol. The largest absolute Gasteiger partial charge is 0.467 e. The number of halogens is 1. The van der Waals surface area contributed by atoms with Crippen molar-refractivity contribution >= 4 is 29.2 Å². The van der Waals surface area contributed by atoms with E-state index in [-0.39, 0.29) is 18.0 Å². The summed E-state index contributed by atoms with van der Waals surface area (Å²) < 4.78 is 5.43. The zero-order valence-electron chi connectivity index (χ0n) is 14.7. The maximum absolute atomic E-state index is 12.9. The molecule has 1 aromatic heterocycles. The molecule has 0 saturated carbocycles. The minimum absolute atomic E-state index is 0.0369. The molecule has 0 atom stereocenters. The molecule has 3 amide bonds. The van der Waals surface area contributed by atoms with E-state index in [2.05, 4.69) is 5.32 Å². The van der Waals surface area contributed by atoms with Crippen molar-refractivity contribution in [2.75, 3.05) is 18.4 Å². The Morgan fingerprint density at radius 3 is 2.65 bits per heavy atom. The van der Waals surface area contributed by atoms with Gasteiger partial charge in [-0.15, -0.1) is 0 Å². The van der Waals surface area contributed by atoms with E-state index in [1.165, 1.54) is 0 Å². The van der Waals surface area contributed by atoms with Crippen LogP contribution in [-0.4, -0.2) is 40.9 Å². The highest BCUT2D eigenvalue weighted by molar-refractivity contribution is 6.30. The van der Waals surface area contributed by atoms with Crippen molar-refractivity contribution < 1.29 is 14.0 Å². The highest BCUT2D eigenvalue weighted by Crippen LogP contribution is 2.22. The smallest absolute Gasteiger partial charge is 0.322 e. The lowest BCUT2D eigenvalue weighted by Crippen LogP contribution is -2.49. The molecule has 0 radical (unpaired) electrons. The van der Waals surface area contributed by atoms with Crippen LogP contribution in [0.25, 0.3) is 0 Å². The number of piperidine rings is 1. The van der Waals surface area contributed by atoms with Gasteiger partial charge in [0.25, 0.3) is 0 Å². The van der Waals surface area contributed by atoms with Crippen LogP contribution in [0.15, 0.2) is 47.1 Å². The van der Waals surface area contributed by atoms with E-state index in [0.29, 0.717) is 30.3 Å². The molecule has 1 fully saturated rings. The summed E-state index contributed by atoms with van der Waals surface area (Å²) in [5, 5.41) is 3.47. The number of hydrogen-bond donors (Lipinski definition) is 1. The van der Waals surface area contributed by atoms with Crippen LogP contribution in [0.3, 0.4) is 0 Å². The van der Waals surface area contributed by atoms with E-state index in [1.807, 2.05) is 11.0 Å². The van der Waals surface area contributed by atoms with Crippen molar-refractivity contribution in [2.24, 2.45) is 0 Å². The van der Waals surface area contributed by atoms with Crippen LogP contribution in [0.1, 0.15) is 25.5 Å². The summed E-state index contributed by atoms with van der Waals surface area (Å²) in [6.07, 6.45) is 3.08. The van der Waals surface area contributed by atoms with Crippen LogP contribution >= 0.6 is 11.6 Å². The van der Waals surface area contributed by atoms with Gasteiger partial charge in [0.1, 0.15) is 5.76 Å². The second-order valence-electron chi connectivity index (χ2n) is 6.39. The molecule has 1 saturated heterocycles. The molecule has 0 spiro atoms. The number of carbonyl (C=O) groups excluding carboxylic acids is 2. The first-order valence-corrected chi connectivity index (χ1v) is 9.02. The molecule has 138 valence electrons. The number of rotatable bonds is 4. The summed E-state index contributed by atoms with van der Waals surface area (Å²) in [7, 11) is 0. The number of amides is 3. The van der Waals surface area contributed by atoms with Crippen LogP contribution in [0, 0.1) is 0 Å². The Morgan fingerprint density at radius 2 is 2.04 bits per heavy atom. The lowest BCUT2D eigenvalue weighted by molar-refractivity contribution is -0.130. The summed E-state index contributed by atoms with van der Waals surface area (Å²) in [6, 6.07) is 10.6. The lowest BCUT2D eigenvalue weighted by atomic mass is 10.0. The predicted molar refractivity (Wildman–Crippen MR) is 100.0 cm³/mol. The minimum atomic E-state index is -0.204. The molecule has 3 rings (SSSR count). The minimum Gasteiger partial charge on any atom is -0.467 e. The monoisotopic (exact) mass is 375 g/mol. The van der Waals surface area contributed by atoms with Crippen molar-refractivity contribution in [3.8, 4) is 0 Å². The SMILES string of the molecule is CC(=O)N1CCC(N(Cc2ccco2)C(=O)Nc2cccc(Cl)c2)CC1. The van der Waals surface area contributed by atoms with Gasteiger partial charge in [0, 0.05) is 36.8 Å². The van der Waals surface area contributed by atoms with Crippen LogP contribution < -0.4 is 5.32 Å². The molecule has 0 bridgehead atoms. The number of anilines is 1. The summed E-state index contributed by atoms with van der Waals surface area (Å²) in [5.74, 6) is 0.796. The van der Waals surface area contributed by atoms with Gasteiger partial charge in [0.15, 0.2) is 0 Å². The highest BCUT2D eigenvalue weighted by atomic mass is 35.5. The molecule has 2 aromatic rings. The zero-order chi connectivity index (χ0) is 18.5. The lowest BCUT2D eigenvalue weighted by Gasteiger charge is -2.38. The topological polar surface area (TPSA) is 65.8 Å². The quantitative estimate of drug-likeness (QED) is 0.879. The number of nitrogens with zero attached hydrogens (tertiary/aromatic N) is 2. The van der Waals surface area contributed by atoms with Gasteiger partial charge in [0.05, 0.1) is 12.8 Å². The molecule has 6 nitrogen and oxygen atoms in total. The molecular formula is C19H22ClN3O3. The van der Waals surface area contributed by atoms with Crippen molar-refractivity contribution in [1.29, 1.82) is 0 Å². The summed E-state index contributed by atoms with van der Waals surface area (Å²) >= 11 is 6.00. The highest BCUT2D eigenvalue weighted by Gasteiger charge is 2.29. The summed E-state index contributed by atoms with van der Waals surface area (Å²) in [4.78, 5) is 28.0. The number of benzene rings is 1. The number of urea groups is 1. The van der Waals surface area contributed by atoms with Gasteiger partial charge in [-0.3, -0.25) is 4.79 Å². The third-order valence-corrected chi connectivity index (χ3v) is 4.83. The first-order chi connectivity index (χ1) is 12.5. The fourth-order valence-corrected chi connectivity index (χ4v) is 3.38. The van der Waals surface area contributed by atoms with E-state index < -0.39 is 0 Å². The third kappa shape index (κ3) is 4.58. The molecule has 1 N–H and O–H groups in total. The van der Waals surface area contributed by atoms with Gasteiger partial charge in [-0.05, 0) is 43.2 Å². The molecule has 1 aliphatic rings. The molecule has 1 aromatic carbocycles. The molecule has 0 unspecified atom stereocenters. The number of hydrogen-bond acceptors (Lipinski definition) is 3. The Bertz CT molecular complexity index is 755. The Morgan fingerprint density at radius 1 is 1.27 bits per heavy atom. The van der Waals surface area contributed by atoms with Crippen LogP contribution in [-0.2, 0) is 11.3 Å². The standard InChI is InChI=1S/C19H22ClN3O3/c1-14(24)22-9-7-17(8-10-22)23(13-18-6-3-11-26-18)19(25)21-16-5-2-4-15(20)12-16/h2-6,11-12,17H,7-10,13H2,1H3,(H,21,25). The fourth-order valence-electron chi connectivity index (χ4n) is 3.19. The van der Waals surface area contributed by atoms with Crippen molar-refractivity contribution in [3.05, 3.63) is 53.4 Å². The Labute approximate surface area is 157 Å². The normalized spacial score (nSPS) is 14.9. The number of carbonyl (C=O) groups is 2. The molecule has 1 aliphatic heterocycles. The van der Waals surface area contributed by atoms with Gasteiger partial charge < -0.3 is 19.5 Å². The van der Waals surface area contributed by atoms with E-state index in [4.69, 9.17) is 16.0 Å². The van der Waals surface area contributed by atoms with Gasteiger partial charge >= 0.3 is 6.03 Å². The van der Waals surface area contributed by atoms with Crippen LogP contribution in [0.5, 0.6) is 0 Å². The average Bonchev–Trinajstić information content (AvgIpc) is 3.13. The Balaban J connectivity index is 1.72. The number of furan rings is 1. The predicted octanol–water partition coefficient (Wildman–Crippen LogP) is 3.98. The molecule has 26 heavy (non-hydrogen) atoms. The molecule has 7 heteroatoms. The van der Waals surface area contributed by atoms with E-state index in [0.717, 1.165) is 18.6 Å². The van der Waals surface area contributed by atoms with Gasteiger partial charge in [-0.2, -0.15) is 0 Å². The summed E-state index contributed by atoms with van der Waals surface area (Å²) in [5.41, 5.74) is 0.646. The van der Waals surface area contributed by atoms with Crippen molar-refractivity contribution in [1.82, 2.24) is 9.80 Å². The maximum atomic E-state index is 12.9. The van der Waals surface area contributed by atoms with E-state index in [1.54, 1.807) is 48.4 Å². The maximum Gasteiger partial charge on any atom is 0.322 e. The second kappa shape index (κ2) is 8.27. The zero-order valence-corrected chi connectivity index (χ0v) is 15.4. The summed E-state index contributed by atoms with van der Waals surface area (Å²) in [6.45, 7) is 3.26. The van der Waals surface area contributed by atoms with E-state index in [9.17, 15) is 9.59 Å². The first kappa shape index (κ1) is 18.3. The first-order valence-electron chi connectivity index (χ1n) is 8.64. The number of likely N-dealkylation sites (tertiary alicyclic amines) is 1. The molecule has 0 aliphatic carbocycles. The second-order valence-corrected chi connectivity index (χ2v) is 6.82. The molecular weight excluding hydrogens is 354 g/mol. The van der Waals surface area contributed by atoms with Gasteiger partial charge in [-0.1, -0.05) is 17.7 Å². The fraction of sp³-hybridized carbons (Fsp3) is 0.368. The van der Waals surface area contributed by atoms with Crippen molar-refractivity contribution in [3.63, 3.8) is 0 Å². The van der Waals surface area contributed by atoms with Gasteiger partial charge in [-0.25, -0.2) is 4.79 Å². The Hall–Kier alpha value is -2.47. The molecule has 2 heterocycles. The van der Waals surface area contributed by atoms with Crippen LogP contribution in [0.4, 0.5) is 10.5 Å². The third-order valence-electron chi connectivity index (χ3n) is 4.59. The van der Waals surface area contributed by atoms with E-state index >= 15 is 0 Å². The van der Waals surface area contributed by atoms with Gasteiger partial charge in [0.2, 0.25) is 5.91 Å². The van der Waals surface area contributed by atoms with Crippen LogP contribution in [0.2, 0.25) is 5.02 Å². The number of nitrogens with one attached hydrogen (secondary N) is 1. The van der Waals surface area contributed by atoms with Crippen molar-refractivity contribution in [2.45, 2.75) is 32.4 Å².